The molecule has 1 unspecified atom stereocenters. The monoisotopic (exact) mass is 223 g/mol. The van der Waals surface area contributed by atoms with Gasteiger partial charge in [0.05, 0.1) is 5.69 Å². The predicted molar refractivity (Wildman–Crippen MR) is 57.6 cm³/mol. The number of rotatable bonds is 1. The number of hydrogen-bond donors (Lipinski definition) is 0. The molecule has 0 bridgehead atoms. The highest BCUT2D eigenvalue weighted by Crippen LogP contribution is 2.25. The number of carbonyl (C=O) groups is 1. The van der Waals surface area contributed by atoms with Crippen LogP contribution in [0.3, 0.4) is 0 Å². The first-order chi connectivity index (χ1) is 7.00. The Bertz CT molecular complexity index is 546. The minimum absolute atomic E-state index is 0.371. The molecule has 1 atom stereocenters. The van der Waals surface area contributed by atoms with Gasteiger partial charge >= 0.3 is 0 Å². The van der Waals surface area contributed by atoms with Gasteiger partial charge < -0.3 is 0 Å². The molecule has 0 saturated carbocycles. The molecule has 0 fully saturated rings. The van der Waals surface area contributed by atoms with E-state index in [1.54, 1.807) is 24.3 Å². The van der Waals surface area contributed by atoms with Crippen molar-refractivity contribution < 1.29 is 13.2 Å². The molecule has 15 heavy (non-hydrogen) atoms. The van der Waals surface area contributed by atoms with E-state index in [4.69, 9.17) is 0 Å². The van der Waals surface area contributed by atoms with Crippen molar-refractivity contribution in [2.45, 2.75) is 5.25 Å². The summed E-state index contributed by atoms with van der Waals surface area (Å²) in [7, 11) is -3.42. The van der Waals surface area contributed by atoms with Crippen molar-refractivity contribution >= 4 is 27.5 Å². The van der Waals surface area contributed by atoms with Crippen LogP contribution in [0.25, 0.3) is 0 Å². The minimum Gasteiger partial charge on any atom is -0.292 e. The Morgan fingerprint density at radius 2 is 1.93 bits per heavy atom. The van der Waals surface area contributed by atoms with Crippen molar-refractivity contribution in [2.24, 2.45) is 4.99 Å². The summed E-state index contributed by atoms with van der Waals surface area (Å²) in [6.07, 6.45) is 2.23. The number of benzene rings is 1. The topological polar surface area (TPSA) is 63.6 Å². The van der Waals surface area contributed by atoms with E-state index in [1.807, 2.05) is 0 Å². The lowest BCUT2D eigenvalue weighted by molar-refractivity contribution is 0.100. The van der Waals surface area contributed by atoms with Crippen LogP contribution in [0.5, 0.6) is 0 Å². The zero-order valence-corrected chi connectivity index (χ0v) is 8.86. The van der Waals surface area contributed by atoms with Crippen LogP contribution in [0.4, 0.5) is 5.69 Å². The van der Waals surface area contributed by atoms with Gasteiger partial charge in [0.1, 0.15) is 0 Å². The number of carbonyl (C=O) groups excluding carboxylic acids is 1. The summed E-state index contributed by atoms with van der Waals surface area (Å²) in [6, 6.07) is 6.72. The summed E-state index contributed by atoms with van der Waals surface area (Å²) in [5.74, 6) is -0.400. The fourth-order valence-electron chi connectivity index (χ4n) is 1.47. The van der Waals surface area contributed by atoms with Crippen molar-refractivity contribution in [3.05, 3.63) is 29.8 Å². The van der Waals surface area contributed by atoms with Crippen LogP contribution < -0.4 is 0 Å². The standard InChI is InChI=1S/C10H9NO3S/c1-15(13,14)9-6-11-8-5-3-2-4-7(8)10(9)12/h2-6,9H,1H3. The highest BCUT2D eigenvalue weighted by Gasteiger charge is 2.31. The number of nitrogens with zero attached hydrogens (tertiary/aromatic N) is 1. The van der Waals surface area contributed by atoms with Gasteiger partial charge in [0, 0.05) is 18.0 Å². The molecule has 78 valence electrons. The lowest BCUT2D eigenvalue weighted by Gasteiger charge is -2.15. The van der Waals surface area contributed by atoms with E-state index in [0.29, 0.717) is 11.3 Å². The minimum atomic E-state index is -3.42. The first kappa shape index (κ1) is 10.0. The Labute approximate surface area is 87.6 Å². The van der Waals surface area contributed by atoms with Crippen LogP contribution in [-0.4, -0.2) is 31.9 Å². The summed E-state index contributed by atoms with van der Waals surface area (Å²) >= 11 is 0. The first-order valence-electron chi connectivity index (χ1n) is 4.36. The van der Waals surface area contributed by atoms with E-state index in [-0.39, 0.29) is 0 Å². The molecule has 0 amide bonds. The van der Waals surface area contributed by atoms with Crippen LogP contribution in [0.1, 0.15) is 10.4 Å². The summed E-state index contributed by atoms with van der Waals surface area (Å²) in [5, 5.41) is -1.13. The second kappa shape index (κ2) is 3.27. The molecule has 1 aliphatic heterocycles. The van der Waals surface area contributed by atoms with Gasteiger partial charge in [-0.1, -0.05) is 12.1 Å². The van der Waals surface area contributed by atoms with E-state index < -0.39 is 20.9 Å². The zero-order chi connectivity index (χ0) is 11.1. The molecular weight excluding hydrogens is 214 g/mol. The Morgan fingerprint density at radius 1 is 1.27 bits per heavy atom. The lowest BCUT2D eigenvalue weighted by atomic mass is 10.0. The molecule has 0 aromatic heterocycles. The molecule has 5 heteroatoms. The summed E-state index contributed by atoms with van der Waals surface area (Å²) in [4.78, 5) is 15.8. The average Bonchev–Trinajstić information content (AvgIpc) is 2.16. The van der Waals surface area contributed by atoms with E-state index in [9.17, 15) is 13.2 Å². The molecule has 0 saturated heterocycles. The fourth-order valence-corrected chi connectivity index (χ4v) is 2.27. The number of sulfone groups is 1. The first-order valence-corrected chi connectivity index (χ1v) is 6.32. The predicted octanol–water partition coefficient (Wildman–Crippen LogP) is 0.998. The number of aliphatic imine (C=N–C) groups is 1. The Kier molecular flexibility index (Phi) is 2.19. The fraction of sp³-hybridized carbons (Fsp3) is 0.200. The van der Waals surface area contributed by atoms with E-state index in [0.717, 1.165) is 6.26 Å². The largest absolute Gasteiger partial charge is 0.292 e. The van der Waals surface area contributed by atoms with Crippen molar-refractivity contribution in [2.75, 3.05) is 6.26 Å². The highest BCUT2D eigenvalue weighted by molar-refractivity contribution is 7.92. The molecule has 0 aliphatic carbocycles. The Balaban J connectivity index is 2.56. The van der Waals surface area contributed by atoms with Gasteiger partial charge in [-0.2, -0.15) is 0 Å². The maximum atomic E-state index is 11.8. The van der Waals surface area contributed by atoms with Gasteiger partial charge in [0.25, 0.3) is 0 Å². The molecule has 0 N–H and O–H groups in total. The van der Waals surface area contributed by atoms with Crippen LogP contribution in [0, 0.1) is 0 Å². The van der Waals surface area contributed by atoms with Gasteiger partial charge in [0.15, 0.2) is 20.9 Å². The number of fused-ring (bicyclic) bond motifs is 1. The molecule has 4 nitrogen and oxygen atoms in total. The van der Waals surface area contributed by atoms with E-state index >= 15 is 0 Å². The van der Waals surface area contributed by atoms with E-state index in [1.165, 1.54) is 6.21 Å². The maximum absolute atomic E-state index is 11.8. The number of Topliss-reactive ketones (excluding diaryl/α,β-unsaturated/α-hetero) is 1. The smallest absolute Gasteiger partial charge is 0.188 e. The van der Waals surface area contributed by atoms with Gasteiger partial charge in [-0.15, -0.1) is 0 Å². The van der Waals surface area contributed by atoms with Gasteiger partial charge in [0.2, 0.25) is 0 Å². The van der Waals surface area contributed by atoms with Crippen LogP contribution in [0.2, 0.25) is 0 Å². The van der Waals surface area contributed by atoms with Gasteiger partial charge in [-0.25, -0.2) is 8.42 Å². The number of para-hydroxylation sites is 1. The molecule has 1 aliphatic rings. The second-order valence-corrected chi connectivity index (χ2v) is 5.58. The third-order valence-corrected chi connectivity index (χ3v) is 3.50. The normalized spacial score (nSPS) is 20.1. The highest BCUT2D eigenvalue weighted by atomic mass is 32.2. The van der Waals surface area contributed by atoms with Crippen LogP contribution in [0.15, 0.2) is 29.3 Å². The third kappa shape index (κ3) is 1.70. The van der Waals surface area contributed by atoms with Gasteiger partial charge in [-0.3, -0.25) is 9.79 Å². The lowest BCUT2D eigenvalue weighted by Crippen LogP contribution is -2.33. The quantitative estimate of drug-likeness (QED) is 0.713. The maximum Gasteiger partial charge on any atom is 0.188 e. The molecule has 1 aromatic carbocycles. The molecule has 1 heterocycles. The number of hydrogen-bond acceptors (Lipinski definition) is 4. The summed E-state index contributed by atoms with van der Waals surface area (Å²) in [6.45, 7) is 0. The van der Waals surface area contributed by atoms with Crippen LogP contribution in [-0.2, 0) is 9.84 Å². The average molecular weight is 223 g/mol. The summed E-state index contributed by atoms with van der Waals surface area (Å²) < 4.78 is 22.6. The molecule has 0 radical (unpaired) electrons. The van der Waals surface area contributed by atoms with Crippen molar-refractivity contribution in [1.82, 2.24) is 0 Å². The molecular formula is C10H9NO3S. The molecule has 1 aromatic rings. The van der Waals surface area contributed by atoms with E-state index in [2.05, 4.69) is 4.99 Å². The summed E-state index contributed by atoms with van der Waals surface area (Å²) in [5.41, 5.74) is 0.901. The molecule has 2 rings (SSSR count). The third-order valence-electron chi connectivity index (χ3n) is 2.24. The zero-order valence-electron chi connectivity index (χ0n) is 8.04. The molecule has 0 spiro atoms. The van der Waals surface area contributed by atoms with Crippen molar-refractivity contribution in [3.8, 4) is 0 Å². The Hall–Kier alpha value is -1.49. The van der Waals surface area contributed by atoms with Gasteiger partial charge in [-0.05, 0) is 12.1 Å². The second-order valence-electron chi connectivity index (χ2n) is 3.41. The van der Waals surface area contributed by atoms with Crippen molar-refractivity contribution in [1.29, 1.82) is 0 Å². The Morgan fingerprint density at radius 3 is 2.60 bits per heavy atom. The SMILES string of the molecule is CS(=O)(=O)C1C=Nc2ccccc2C1=O. The van der Waals surface area contributed by atoms with Crippen molar-refractivity contribution in [3.63, 3.8) is 0 Å². The van der Waals surface area contributed by atoms with Crippen LogP contribution >= 0.6 is 0 Å². The number of ketones is 1.